The maximum atomic E-state index is 13.5. The summed E-state index contributed by atoms with van der Waals surface area (Å²) < 4.78 is 0. The first-order chi connectivity index (χ1) is 18.0. The predicted molar refractivity (Wildman–Crippen MR) is 145 cm³/mol. The highest BCUT2D eigenvalue weighted by atomic mass is 16.6. The minimum Gasteiger partial charge on any atom is -0.352 e. The Kier molecular flexibility index (Phi) is 8.18. The molecule has 0 radical (unpaired) electrons. The van der Waals surface area contributed by atoms with Crippen molar-refractivity contribution in [2.24, 2.45) is 0 Å². The van der Waals surface area contributed by atoms with Gasteiger partial charge in [0.25, 0.3) is 17.5 Å². The minimum atomic E-state index is -0.480. The van der Waals surface area contributed by atoms with Crippen molar-refractivity contribution >= 4 is 34.8 Å². The third-order valence-corrected chi connectivity index (χ3v) is 5.68. The normalized spacial score (nSPS) is 11.0. The van der Waals surface area contributed by atoms with E-state index in [1.807, 2.05) is 36.4 Å². The maximum Gasteiger partial charge on any atom is 0.270 e. The number of carbonyl (C=O) groups excluding carboxylic acids is 2. The van der Waals surface area contributed by atoms with Gasteiger partial charge >= 0.3 is 0 Å². The monoisotopic (exact) mass is 491 g/mol. The molecule has 4 aromatic carbocycles. The van der Waals surface area contributed by atoms with E-state index < -0.39 is 10.8 Å². The summed E-state index contributed by atoms with van der Waals surface area (Å²) >= 11 is 0. The van der Waals surface area contributed by atoms with Crippen LogP contribution in [-0.4, -0.2) is 23.3 Å². The minimum absolute atomic E-state index is 0.0703. The van der Waals surface area contributed by atoms with Crippen LogP contribution in [0.4, 0.5) is 11.4 Å². The lowest BCUT2D eigenvalue weighted by atomic mass is 10.0. The van der Waals surface area contributed by atoms with Crippen molar-refractivity contribution in [3.63, 3.8) is 0 Å². The number of nitro benzene ring substituents is 1. The van der Waals surface area contributed by atoms with E-state index >= 15 is 0 Å². The van der Waals surface area contributed by atoms with Gasteiger partial charge in [0.2, 0.25) is 0 Å². The van der Waals surface area contributed by atoms with Gasteiger partial charge in [-0.15, -0.1) is 0 Å². The summed E-state index contributed by atoms with van der Waals surface area (Å²) in [6, 6.07) is 31.7. The number of nitro groups is 1. The average Bonchev–Trinajstić information content (AvgIpc) is 2.93. The third-order valence-electron chi connectivity index (χ3n) is 5.68. The van der Waals surface area contributed by atoms with Crippen molar-refractivity contribution in [2.75, 3.05) is 11.9 Å². The first kappa shape index (κ1) is 25.1. The number of carbonyl (C=O) groups is 2. The van der Waals surface area contributed by atoms with Gasteiger partial charge in [-0.05, 0) is 41.3 Å². The van der Waals surface area contributed by atoms with Crippen molar-refractivity contribution in [3.8, 4) is 0 Å². The largest absolute Gasteiger partial charge is 0.352 e. The van der Waals surface area contributed by atoms with Crippen molar-refractivity contribution in [1.29, 1.82) is 0 Å². The van der Waals surface area contributed by atoms with E-state index in [-0.39, 0.29) is 11.6 Å². The zero-order valence-electron chi connectivity index (χ0n) is 20.0. The standard InChI is InChI=1S/C30H25N3O4/c34-29(31-19-18-22-10-3-1-4-11-22)26-16-7-8-17-28(26)32-30(35)27(24-13-5-2-6-14-24)21-23-12-9-15-25(20-23)33(36)37/h1-17,20-21H,18-19H2,(H,31,34)(H,32,35)/b27-21+. The number of benzene rings is 4. The highest BCUT2D eigenvalue weighted by Crippen LogP contribution is 2.24. The van der Waals surface area contributed by atoms with Gasteiger partial charge in [-0.25, -0.2) is 0 Å². The molecule has 0 aliphatic heterocycles. The molecule has 0 aromatic heterocycles. The molecule has 0 saturated carbocycles. The number of nitrogens with one attached hydrogen (secondary N) is 2. The Labute approximate surface area is 214 Å². The van der Waals surface area contributed by atoms with Gasteiger partial charge in [0.05, 0.1) is 16.2 Å². The Morgan fingerprint density at radius 2 is 1.49 bits per heavy atom. The second-order valence-electron chi connectivity index (χ2n) is 8.27. The first-order valence-corrected chi connectivity index (χ1v) is 11.8. The van der Waals surface area contributed by atoms with E-state index in [1.165, 1.54) is 12.1 Å². The topological polar surface area (TPSA) is 101 Å². The van der Waals surface area contributed by atoms with E-state index in [0.29, 0.717) is 40.9 Å². The number of nitrogens with zero attached hydrogens (tertiary/aromatic N) is 1. The first-order valence-electron chi connectivity index (χ1n) is 11.8. The van der Waals surface area contributed by atoms with Crippen LogP contribution in [0, 0.1) is 10.1 Å². The molecule has 4 aromatic rings. The fraction of sp³-hybridized carbons (Fsp3) is 0.0667. The van der Waals surface area contributed by atoms with Crippen LogP contribution in [0.3, 0.4) is 0 Å². The van der Waals surface area contributed by atoms with Gasteiger partial charge in [-0.3, -0.25) is 19.7 Å². The number of hydrogen-bond donors (Lipinski definition) is 2. The molecule has 0 saturated heterocycles. The molecule has 0 spiro atoms. The van der Waals surface area contributed by atoms with E-state index in [2.05, 4.69) is 10.6 Å². The predicted octanol–water partition coefficient (Wildman–Crippen LogP) is 5.75. The lowest BCUT2D eigenvalue weighted by Gasteiger charge is -2.14. The van der Waals surface area contributed by atoms with Gasteiger partial charge in [-0.1, -0.05) is 84.9 Å². The Morgan fingerprint density at radius 3 is 2.22 bits per heavy atom. The number of amides is 2. The highest BCUT2D eigenvalue weighted by molar-refractivity contribution is 6.29. The van der Waals surface area contributed by atoms with Crippen molar-refractivity contribution in [3.05, 3.63) is 142 Å². The van der Waals surface area contributed by atoms with Crippen LogP contribution in [0.5, 0.6) is 0 Å². The molecule has 0 fully saturated rings. The van der Waals surface area contributed by atoms with Gasteiger partial charge in [0.15, 0.2) is 0 Å². The van der Waals surface area contributed by atoms with Crippen molar-refractivity contribution in [1.82, 2.24) is 5.32 Å². The lowest BCUT2D eigenvalue weighted by Crippen LogP contribution is -2.27. The molecule has 0 aliphatic rings. The van der Waals surface area contributed by atoms with Crippen LogP contribution in [-0.2, 0) is 11.2 Å². The van der Waals surface area contributed by atoms with Crippen LogP contribution in [0.2, 0.25) is 0 Å². The maximum absolute atomic E-state index is 13.5. The summed E-state index contributed by atoms with van der Waals surface area (Å²) in [5.41, 5.74) is 3.20. The van der Waals surface area contributed by atoms with E-state index in [9.17, 15) is 19.7 Å². The molecule has 184 valence electrons. The Bertz CT molecular complexity index is 1430. The summed E-state index contributed by atoms with van der Waals surface area (Å²) in [4.78, 5) is 37.1. The summed E-state index contributed by atoms with van der Waals surface area (Å²) in [6.07, 6.45) is 2.28. The SMILES string of the molecule is O=C(Nc1ccccc1C(=O)NCCc1ccccc1)/C(=C/c1cccc([N+](=O)[O-])c1)c1ccccc1. The summed E-state index contributed by atoms with van der Waals surface area (Å²) in [6.45, 7) is 0.451. The van der Waals surface area contributed by atoms with Gasteiger partial charge in [0.1, 0.15) is 0 Å². The second kappa shape index (κ2) is 12.1. The number of rotatable bonds is 9. The number of hydrogen-bond acceptors (Lipinski definition) is 4. The molecule has 0 heterocycles. The molecular formula is C30H25N3O4. The van der Waals surface area contributed by atoms with E-state index in [0.717, 1.165) is 5.56 Å². The van der Waals surface area contributed by atoms with Crippen molar-refractivity contribution in [2.45, 2.75) is 6.42 Å². The molecule has 2 N–H and O–H groups in total. The van der Waals surface area contributed by atoms with Crippen LogP contribution >= 0.6 is 0 Å². The van der Waals surface area contributed by atoms with Crippen LogP contribution in [0.15, 0.2) is 109 Å². The lowest BCUT2D eigenvalue weighted by molar-refractivity contribution is -0.384. The molecular weight excluding hydrogens is 466 g/mol. The molecule has 2 amide bonds. The Balaban J connectivity index is 1.56. The van der Waals surface area contributed by atoms with Crippen LogP contribution in [0.1, 0.15) is 27.0 Å². The molecule has 0 bridgehead atoms. The van der Waals surface area contributed by atoms with E-state index in [4.69, 9.17) is 0 Å². The number of anilines is 1. The Hall–Kier alpha value is -5.04. The average molecular weight is 492 g/mol. The molecule has 0 unspecified atom stereocenters. The fourth-order valence-electron chi connectivity index (χ4n) is 3.83. The van der Waals surface area contributed by atoms with E-state index in [1.54, 1.807) is 66.7 Å². The molecule has 0 aliphatic carbocycles. The third kappa shape index (κ3) is 6.76. The fourth-order valence-corrected chi connectivity index (χ4v) is 3.83. The smallest absolute Gasteiger partial charge is 0.270 e. The molecule has 4 rings (SSSR count). The molecule has 7 nitrogen and oxygen atoms in total. The van der Waals surface area contributed by atoms with Crippen LogP contribution < -0.4 is 10.6 Å². The molecule has 37 heavy (non-hydrogen) atoms. The van der Waals surface area contributed by atoms with Crippen molar-refractivity contribution < 1.29 is 14.5 Å². The Morgan fingerprint density at radius 1 is 0.811 bits per heavy atom. The quantitative estimate of drug-likeness (QED) is 0.135. The van der Waals surface area contributed by atoms with Gasteiger partial charge in [-0.2, -0.15) is 0 Å². The second-order valence-corrected chi connectivity index (χ2v) is 8.27. The highest BCUT2D eigenvalue weighted by Gasteiger charge is 2.17. The van der Waals surface area contributed by atoms with Gasteiger partial charge in [0, 0.05) is 24.3 Å². The zero-order chi connectivity index (χ0) is 26.0. The summed E-state index contributed by atoms with van der Waals surface area (Å²) in [5, 5.41) is 17.0. The number of para-hydroxylation sites is 1. The zero-order valence-corrected chi connectivity index (χ0v) is 20.0. The molecule has 0 atom stereocenters. The van der Waals surface area contributed by atoms with Crippen LogP contribution in [0.25, 0.3) is 11.6 Å². The molecule has 7 heteroatoms. The van der Waals surface area contributed by atoms with Gasteiger partial charge < -0.3 is 10.6 Å². The number of non-ortho nitro benzene ring substituents is 1. The summed E-state index contributed by atoms with van der Waals surface area (Å²) in [7, 11) is 0. The summed E-state index contributed by atoms with van der Waals surface area (Å²) in [5.74, 6) is -0.738.